The lowest BCUT2D eigenvalue weighted by Gasteiger charge is -2.26. The molecule has 0 bridgehead atoms. The molecule has 0 aliphatic carbocycles. The van der Waals surface area contributed by atoms with Gasteiger partial charge >= 0.3 is 0 Å². The SMILES string of the molecule is Cc1ccc(Cl)c(-n2c3cc(-c4cnc(N5CCOCC5)nc4)ccc3c(=O)n2C)c1. The molecule has 0 saturated carbocycles. The third-order valence-corrected chi connectivity index (χ3v) is 5.97. The Morgan fingerprint density at radius 2 is 1.74 bits per heavy atom. The van der Waals surface area contributed by atoms with Crippen molar-refractivity contribution in [3.05, 3.63) is 69.7 Å². The lowest BCUT2D eigenvalue weighted by Crippen LogP contribution is -2.37. The lowest BCUT2D eigenvalue weighted by atomic mass is 10.1. The van der Waals surface area contributed by atoms with Gasteiger partial charge in [-0.3, -0.25) is 4.79 Å². The molecule has 0 spiro atoms. The van der Waals surface area contributed by atoms with Gasteiger partial charge in [0, 0.05) is 38.1 Å². The van der Waals surface area contributed by atoms with Crippen LogP contribution in [-0.4, -0.2) is 45.6 Å². The van der Waals surface area contributed by atoms with Crippen molar-refractivity contribution in [1.82, 2.24) is 19.3 Å². The summed E-state index contributed by atoms with van der Waals surface area (Å²) in [7, 11) is 1.75. The zero-order valence-corrected chi connectivity index (χ0v) is 18.1. The van der Waals surface area contributed by atoms with Crippen molar-refractivity contribution in [2.24, 2.45) is 7.05 Å². The molecule has 1 aliphatic heterocycles. The number of rotatable bonds is 3. The molecular formula is C23H22ClN5O2. The number of aromatic nitrogens is 4. The van der Waals surface area contributed by atoms with Crippen molar-refractivity contribution in [3.63, 3.8) is 0 Å². The van der Waals surface area contributed by atoms with Crippen LogP contribution in [0.25, 0.3) is 27.7 Å². The number of morpholine rings is 1. The van der Waals surface area contributed by atoms with Crippen molar-refractivity contribution in [2.75, 3.05) is 31.2 Å². The molecule has 8 heteroatoms. The lowest BCUT2D eigenvalue weighted by molar-refractivity contribution is 0.122. The van der Waals surface area contributed by atoms with Crippen LogP contribution in [0, 0.1) is 6.92 Å². The molecule has 158 valence electrons. The molecule has 1 fully saturated rings. The fourth-order valence-electron chi connectivity index (χ4n) is 3.97. The molecule has 0 atom stereocenters. The first-order valence-corrected chi connectivity index (χ1v) is 10.5. The first kappa shape index (κ1) is 19.8. The number of nitrogens with zero attached hydrogens (tertiary/aromatic N) is 5. The highest BCUT2D eigenvalue weighted by Crippen LogP contribution is 2.28. The Morgan fingerprint density at radius 1 is 1.00 bits per heavy atom. The summed E-state index contributed by atoms with van der Waals surface area (Å²) in [5, 5.41) is 1.22. The Bertz CT molecular complexity index is 1320. The largest absolute Gasteiger partial charge is 0.378 e. The van der Waals surface area contributed by atoms with Crippen LogP contribution >= 0.6 is 11.6 Å². The van der Waals surface area contributed by atoms with Crippen molar-refractivity contribution in [2.45, 2.75) is 6.92 Å². The van der Waals surface area contributed by atoms with Crippen molar-refractivity contribution in [3.8, 4) is 16.8 Å². The fourth-order valence-corrected chi connectivity index (χ4v) is 4.16. The Kier molecular flexibility index (Phi) is 5.00. The summed E-state index contributed by atoms with van der Waals surface area (Å²) in [4.78, 5) is 24.1. The summed E-state index contributed by atoms with van der Waals surface area (Å²) in [6.07, 6.45) is 3.65. The first-order chi connectivity index (χ1) is 15.0. The second kappa shape index (κ2) is 7.83. The maximum Gasteiger partial charge on any atom is 0.274 e. The molecule has 1 aliphatic rings. The molecule has 2 aromatic carbocycles. The number of benzene rings is 2. The monoisotopic (exact) mass is 435 g/mol. The van der Waals surface area contributed by atoms with Crippen LogP contribution in [0.15, 0.2) is 53.6 Å². The van der Waals surface area contributed by atoms with Crippen molar-refractivity contribution >= 4 is 28.5 Å². The topological polar surface area (TPSA) is 65.2 Å². The Morgan fingerprint density at radius 3 is 2.48 bits per heavy atom. The Hall–Kier alpha value is -3.16. The van der Waals surface area contributed by atoms with E-state index in [1.54, 1.807) is 11.7 Å². The van der Waals surface area contributed by atoms with E-state index >= 15 is 0 Å². The van der Waals surface area contributed by atoms with Gasteiger partial charge in [-0.25, -0.2) is 19.3 Å². The molecule has 31 heavy (non-hydrogen) atoms. The average molecular weight is 436 g/mol. The fraction of sp³-hybridized carbons (Fsp3) is 0.261. The number of anilines is 1. The second-order valence-corrected chi connectivity index (χ2v) is 8.11. The van der Waals surface area contributed by atoms with E-state index in [2.05, 4.69) is 14.9 Å². The van der Waals surface area contributed by atoms with Gasteiger partial charge in [-0.05, 0) is 42.3 Å². The van der Waals surface area contributed by atoms with Crippen LogP contribution in [0.5, 0.6) is 0 Å². The third-order valence-electron chi connectivity index (χ3n) is 5.65. The van der Waals surface area contributed by atoms with Crippen LogP contribution in [0.1, 0.15) is 5.56 Å². The molecule has 3 heterocycles. The van der Waals surface area contributed by atoms with Crippen LogP contribution in [0.4, 0.5) is 5.95 Å². The molecular weight excluding hydrogens is 414 g/mol. The van der Waals surface area contributed by atoms with Gasteiger partial charge < -0.3 is 9.64 Å². The van der Waals surface area contributed by atoms with Gasteiger partial charge in [-0.15, -0.1) is 0 Å². The molecule has 0 N–H and O–H groups in total. The molecule has 0 amide bonds. The van der Waals surface area contributed by atoms with Gasteiger partial charge in [0.05, 0.1) is 34.8 Å². The van der Waals surface area contributed by atoms with Crippen LogP contribution in [0.3, 0.4) is 0 Å². The van der Waals surface area contributed by atoms with E-state index in [0.29, 0.717) is 29.6 Å². The summed E-state index contributed by atoms with van der Waals surface area (Å²) < 4.78 is 8.84. The molecule has 1 saturated heterocycles. The van der Waals surface area contributed by atoms with E-state index in [4.69, 9.17) is 16.3 Å². The molecule has 5 rings (SSSR count). The quantitative estimate of drug-likeness (QED) is 0.492. The van der Waals surface area contributed by atoms with E-state index in [-0.39, 0.29) is 5.56 Å². The summed E-state index contributed by atoms with van der Waals surface area (Å²) in [6.45, 7) is 4.96. The van der Waals surface area contributed by atoms with Gasteiger partial charge in [0.25, 0.3) is 5.56 Å². The number of hydrogen-bond donors (Lipinski definition) is 0. The summed E-state index contributed by atoms with van der Waals surface area (Å²) in [5.74, 6) is 0.705. The number of aryl methyl sites for hydroxylation is 1. The molecule has 0 radical (unpaired) electrons. The van der Waals surface area contributed by atoms with Gasteiger partial charge in [0.15, 0.2) is 0 Å². The van der Waals surface area contributed by atoms with Crippen LogP contribution in [0.2, 0.25) is 5.02 Å². The predicted octanol–water partition coefficient (Wildman–Crippen LogP) is 3.58. The standard InChI is InChI=1S/C23H22ClN5O2/c1-15-3-6-19(24)21(11-15)29-20-12-16(4-5-18(20)22(30)27(29)2)17-13-25-23(26-14-17)28-7-9-31-10-8-28/h3-6,11-14H,7-10H2,1-2H3. The molecule has 2 aromatic heterocycles. The molecule has 7 nitrogen and oxygen atoms in total. The van der Waals surface area contributed by atoms with Crippen LogP contribution < -0.4 is 10.5 Å². The second-order valence-electron chi connectivity index (χ2n) is 7.70. The summed E-state index contributed by atoms with van der Waals surface area (Å²) >= 11 is 6.49. The Labute approximate surface area is 184 Å². The maximum absolute atomic E-state index is 12.8. The number of hydrogen-bond acceptors (Lipinski definition) is 5. The van der Waals surface area contributed by atoms with Crippen LogP contribution in [-0.2, 0) is 11.8 Å². The number of ether oxygens (including phenoxy) is 1. The van der Waals surface area contributed by atoms with E-state index < -0.39 is 0 Å². The molecule has 0 unspecified atom stereocenters. The minimum absolute atomic E-state index is 0.0713. The highest BCUT2D eigenvalue weighted by atomic mass is 35.5. The summed E-state index contributed by atoms with van der Waals surface area (Å²) in [5.41, 5.74) is 4.37. The number of fused-ring (bicyclic) bond motifs is 1. The average Bonchev–Trinajstić information content (AvgIpc) is 3.05. The minimum Gasteiger partial charge on any atom is -0.378 e. The smallest absolute Gasteiger partial charge is 0.274 e. The minimum atomic E-state index is -0.0713. The van der Waals surface area contributed by atoms with E-state index in [9.17, 15) is 4.79 Å². The van der Waals surface area contributed by atoms with Gasteiger partial charge in [0.1, 0.15) is 0 Å². The molecule has 4 aromatic rings. The summed E-state index contributed by atoms with van der Waals surface area (Å²) in [6, 6.07) is 11.6. The first-order valence-electron chi connectivity index (χ1n) is 10.2. The van der Waals surface area contributed by atoms with Gasteiger partial charge in [0.2, 0.25) is 5.95 Å². The third kappa shape index (κ3) is 3.49. The number of halogens is 1. The van der Waals surface area contributed by atoms with Gasteiger partial charge in [-0.2, -0.15) is 0 Å². The highest BCUT2D eigenvalue weighted by molar-refractivity contribution is 6.32. The Balaban J connectivity index is 1.60. The van der Waals surface area contributed by atoms with E-state index in [0.717, 1.165) is 41.0 Å². The van der Waals surface area contributed by atoms with Gasteiger partial charge in [-0.1, -0.05) is 23.7 Å². The normalized spacial score (nSPS) is 14.4. The van der Waals surface area contributed by atoms with E-state index in [1.165, 1.54) is 0 Å². The van der Waals surface area contributed by atoms with Crippen molar-refractivity contribution < 1.29 is 4.74 Å². The van der Waals surface area contributed by atoms with Crippen molar-refractivity contribution in [1.29, 1.82) is 0 Å². The van der Waals surface area contributed by atoms with E-state index in [1.807, 2.05) is 60.4 Å². The predicted molar refractivity (Wildman–Crippen MR) is 122 cm³/mol. The zero-order chi connectivity index (χ0) is 21.5. The zero-order valence-electron chi connectivity index (χ0n) is 17.4. The maximum atomic E-state index is 12.8. The highest BCUT2D eigenvalue weighted by Gasteiger charge is 2.17.